The zero-order chi connectivity index (χ0) is 13.7. The van der Waals surface area contributed by atoms with Crippen LogP contribution in [-0.2, 0) is 11.3 Å². The number of amides is 1. The van der Waals surface area contributed by atoms with Gasteiger partial charge in [0.2, 0.25) is 5.91 Å². The van der Waals surface area contributed by atoms with Gasteiger partial charge in [-0.3, -0.25) is 4.79 Å². The van der Waals surface area contributed by atoms with Gasteiger partial charge in [0.05, 0.1) is 0 Å². The summed E-state index contributed by atoms with van der Waals surface area (Å²) < 4.78 is 0. The highest BCUT2D eigenvalue weighted by Crippen LogP contribution is 2.39. The lowest BCUT2D eigenvalue weighted by Gasteiger charge is -2.09. The van der Waals surface area contributed by atoms with Gasteiger partial charge in [-0.25, -0.2) is 0 Å². The maximum atomic E-state index is 11.3. The highest BCUT2D eigenvalue weighted by molar-refractivity contribution is 5.77. The minimum absolute atomic E-state index is 0.0648. The predicted molar refractivity (Wildman–Crippen MR) is 78.0 cm³/mol. The van der Waals surface area contributed by atoms with Gasteiger partial charge in [0, 0.05) is 25.6 Å². The molecule has 0 unspecified atom stereocenters. The second-order valence-corrected chi connectivity index (χ2v) is 5.64. The fourth-order valence-corrected chi connectivity index (χ4v) is 2.04. The number of carbonyl (C=O) groups is 1. The Morgan fingerprint density at radius 3 is 2.47 bits per heavy atom. The quantitative estimate of drug-likeness (QED) is 0.739. The van der Waals surface area contributed by atoms with Gasteiger partial charge in [0.1, 0.15) is 0 Å². The number of benzene rings is 1. The van der Waals surface area contributed by atoms with E-state index in [-0.39, 0.29) is 11.8 Å². The Morgan fingerprint density at radius 2 is 1.89 bits per heavy atom. The molecular formula is C16H24N2O. The van der Waals surface area contributed by atoms with Gasteiger partial charge >= 0.3 is 0 Å². The van der Waals surface area contributed by atoms with E-state index in [1.165, 1.54) is 24.0 Å². The van der Waals surface area contributed by atoms with Gasteiger partial charge in [-0.1, -0.05) is 38.1 Å². The van der Waals surface area contributed by atoms with Crippen LogP contribution in [0.25, 0.3) is 0 Å². The van der Waals surface area contributed by atoms with Crippen molar-refractivity contribution in [2.75, 3.05) is 13.1 Å². The Hall–Kier alpha value is -1.35. The molecule has 1 aromatic carbocycles. The molecule has 0 heterocycles. The standard InChI is InChI=1S/C16H24N2O/c1-12(2)16(19)18-10-9-17-11-13-3-5-14(6-4-13)15-7-8-15/h3-6,12,15,17H,7-11H2,1-2H3,(H,18,19). The average molecular weight is 260 g/mol. The lowest BCUT2D eigenvalue weighted by Crippen LogP contribution is -2.34. The number of nitrogens with one attached hydrogen (secondary N) is 2. The van der Waals surface area contributed by atoms with Crippen LogP contribution in [0.5, 0.6) is 0 Å². The van der Waals surface area contributed by atoms with Crippen molar-refractivity contribution in [3.05, 3.63) is 35.4 Å². The highest BCUT2D eigenvalue weighted by atomic mass is 16.1. The van der Waals surface area contributed by atoms with Crippen molar-refractivity contribution < 1.29 is 4.79 Å². The van der Waals surface area contributed by atoms with Crippen molar-refractivity contribution in [2.45, 2.75) is 39.2 Å². The molecule has 104 valence electrons. The number of hydrogen-bond donors (Lipinski definition) is 2. The molecule has 1 aliphatic rings. The molecule has 1 saturated carbocycles. The summed E-state index contributed by atoms with van der Waals surface area (Å²) in [5.41, 5.74) is 2.78. The third kappa shape index (κ3) is 4.67. The second-order valence-electron chi connectivity index (χ2n) is 5.64. The van der Waals surface area contributed by atoms with Gasteiger partial charge in [-0.2, -0.15) is 0 Å². The van der Waals surface area contributed by atoms with Crippen LogP contribution in [0.3, 0.4) is 0 Å². The molecule has 0 aromatic heterocycles. The van der Waals surface area contributed by atoms with E-state index in [2.05, 4.69) is 34.9 Å². The van der Waals surface area contributed by atoms with Crippen molar-refractivity contribution >= 4 is 5.91 Å². The van der Waals surface area contributed by atoms with E-state index in [1.807, 2.05) is 13.8 Å². The topological polar surface area (TPSA) is 41.1 Å². The number of hydrogen-bond acceptors (Lipinski definition) is 2. The molecule has 3 nitrogen and oxygen atoms in total. The largest absolute Gasteiger partial charge is 0.355 e. The van der Waals surface area contributed by atoms with E-state index in [1.54, 1.807) is 0 Å². The first-order valence-corrected chi connectivity index (χ1v) is 7.24. The van der Waals surface area contributed by atoms with Crippen LogP contribution in [0.1, 0.15) is 43.7 Å². The average Bonchev–Trinajstić information content (AvgIpc) is 3.23. The fourth-order valence-electron chi connectivity index (χ4n) is 2.04. The Balaban J connectivity index is 1.61. The van der Waals surface area contributed by atoms with E-state index >= 15 is 0 Å². The lowest BCUT2D eigenvalue weighted by atomic mass is 10.1. The van der Waals surface area contributed by atoms with Crippen molar-refractivity contribution in [1.82, 2.24) is 10.6 Å². The molecule has 0 aliphatic heterocycles. The summed E-state index contributed by atoms with van der Waals surface area (Å²) in [5, 5.41) is 6.24. The first-order valence-electron chi connectivity index (χ1n) is 7.24. The predicted octanol–water partition coefficient (Wildman–Crippen LogP) is 2.43. The van der Waals surface area contributed by atoms with Crippen molar-refractivity contribution in [1.29, 1.82) is 0 Å². The minimum atomic E-state index is 0.0648. The fraction of sp³-hybridized carbons (Fsp3) is 0.562. The van der Waals surface area contributed by atoms with Crippen LogP contribution in [-0.4, -0.2) is 19.0 Å². The summed E-state index contributed by atoms with van der Waals surface area (Å²) >= 11 is 0. The van der Waals surface area contributed by atoms with Crippen molar-refractivity contribution in [2.24, 2.45) is 5.92 Å². The van der Waals surface area contributed by atoms with E-state index in [0.717, 1.165) is 19.0 Å². The first-order chi connectivity index (χ1) is 9.16. The Bertz CT molecular complexity index is 407. The molecule has 1 amide bonds. The van der Waals surface area contributed by atoms with E-state index in [4.69, 9.17) is 0 Å². The maximum absolute atomic E-state index is 11.3. The lowest BCUT2D eigenvalue weighted by molar-refractivity contribution is -0.123. The van der Waals surface area contributed by atoms with Crippen LogP contribution >= 0.6 is 0 Å². The molecule has 0 radical (unpaired) electrons. The maximum Gasteiger partial charge on any atom is 0.222 e. The SMILES string of the molecule is CC(C)C(=O)NCCNCc1ccc(C2CC2)cc1. The monoisotopic (exact) mass is 260 g/mol. The van der Waals surface area contributed by atoms with Gasteiger partial charge < -0.3 is 10.6 Å². The molecule has 0 spiro atoms. The summed E-state index contributed by atoms with van der Waals surface area (Å²) in [6.45, 7) is 6.18. The minimum Gasteiger partial charge on any atom is -0.355 e. The molecule has 2 N–H and O–H groups in total. The summed E-state index contributed by atoms with van der Waals surface area (Å²) in [6.07, 6.45) is 2.71. The number of carbonyl (C=O) groups excluding carboxylic acids is 1. The zero-order valence-electron chi connectivity index (χ0n) is 11.9. The summed E-state index contributed by atoms with van der Waals surface area (Å²) in [4.78, 5) is 11.3. The Labute approximate surface area is 115 Å². The van der Waals surface area contributed by atoms with E-state index < -0.39 is 0 Å². The third-order valence-corrected chi connectivity index (χ3v) is 3.48. The first kappa shape index (κ1) is 14.1. The normalized spacial score (nSPS) is 14.7. The van der Waals surface area contributed by atoms with Crippen LogP contribution in [0.4, 0.5) is 0 Å². The van der Waals surface area contributed by atoms with Crippen LogP contribution in [0.2, 0.25) is 0 Å². The molecule has 1 aromatic rings. The molecule has 3 heteroatoms. The Morgan fingerprint density at radius 1 is 1.21 bits per heavy atom. The molecule has 1 fully saturated rings. The zero-order valence-corrected chi connectivity index (χ0v) is 11.9. The van der Waals surface area contributed by atoms with E-state index in [0.29, 0.717) is 6.54 Å². The van der Waals surface area contributed by atoms with Gasteiger partial charge in [0.25, 0.3) is 0 Å². The molecular weight excluding hydrogens is 236 g/mol. The smallest absolute Gasteiger partial charge is 0.222 e. The summed E-state index contributed by atoms with van der Waals surface area (Å²) in [6, 6.07) is 8.89. The van der Waals surface area contributed by atoms with Crippen LogP contribution < -0.4 is 10.6 Å². The highest BCUT2D eigenvalue weighted by Gasteiger charge is 2.22. The summed E-state index contributed by atoms with van der Waals surface area (Å²) in [7, 11) is 0. The van der Waals surface area contributed by atoms with Crippen LogP contribution in [0.15, 0.2) is 24.3 Å². The molecule has 0 bridgehead atoms. The van der Waals surface area contributed by atoms with Gasteiger partial charge in [0.15, 0.2) is 0 Å². The molecule has 0 atom stereocenters. The van der Waals surface area contributed by atoms with Crippen LogP contribution in [0, 0.1) is 5.92 Å². The van der Waals surface area contributed by atoms with Gasteiger partial charge in [-0.05, 0) is 29.9 Å². The van der Waals surface area contributed by atoms with Crippen molar-refractivity contribution in [3.8, 4) is 0 Å². The molecule has 0 saturated heterocycles. The van der Waals surface area contributed by atoms with Gasteiger partial charge in [-0.15, -0.1) is 0 Å². The molecule has 1 aliphatic carbocycles. The Kier molecular flexibility index (Phi) is 4.97. The van der Waals surface area contributed by atoms with Crippen molar-refractivity contribution in [3.63, 3.8) is 0 Å². The number of rotatable bonds is 7. The van der Waals surface area contributed by atoms with E-state index in [9.17, 15) is 4.79 Å². The molecule has 19 heavy (non-hydrogen) atoms. The molecule has 2 rings (SSSR count). The summed E-state index contributed by atoms with van der Waals surface area (Å²) in [5.74, 6) is 1.01. The third-order valence-electron chi connectivity index (χ3n) is 3.48. The second kappa shape index (κ2) is 6.71.